The van der Waals surface area contributed by atoms with Crippen molar-refractivity contribution in [2.24, 2.45) is 5.92 Å². The lowest BCUT2D eigenvalue weighted by atomic mass is 10.1. The van der Waals surface area contributed by atoms with E-state index in [1.54, 1.807) is 18.3 Å². The Hall–Kier alpha value is -2.11. The van der Waals surface area contributed by atoms with E-state index in [1.165, 1.54) is 6.20 Å². The van der Waals surface area contributed by atoms with Crippen molar-refractivity contribution in [1.82, 2.24) is 10.3 Å². The lowest BCUT2D eigenvalue weighted by molar-refractivity contribution is -0.137. The van der Waals surface area contributed by atoms with Crippen LogP contribution in [-0.4, -0.2) is 28.1 Å². The Kier molecular flexibility index (Phi) is 3.76. The van der Waals surface area contributed by atoms with Gasteiger partial charge in [-0.15, -0.1) is 0 Å². The van der Waals surface area contributed by atoms with Gasteiger partial charge < -0.3 is 15.7 Å². The highest BCUT2D eigenvalue weighted by molar-refractivity contribution is 5.89. The molecule has 2 amide bonds. The third-order valence-corrected chi connectivity index (χ3v) is 2.82. The first-order valence-electron chi connectivity index (χ1n) is 5.84. The van der Waals surface area contributed by atoms with Crippen LogP contribution in [0.5, 0.6) is 0 Å². The average Bonchev–Trinajstić information content (AvgIpc) is 3.12. The Morgan fingerprint density at radius 3 is 2.83 bits per heavy atom. The SMILES string of the molecule is O=C(O)CC(NC(=O)Nc1cccnc1)C1CC1. The van der Waals surface area contributed by atoms with Gasteiger partial charge >= 0.3 is 12.0 Å². The van der Waals surface area contributed by atoms with Crippen molar-refractivity contribution in [3.05, 3.63) is 24.5 Å². The molecule has 1 aliphatic rings. The summed E-state index contributed by atoms with van der Waals surface area (Å²) in [7, 11) is 0. The van der Waals surface area contributed by atoms with Gasteiger partial charge in [0.05, 0.1) is 18.3 Å². The molecule has 0 bridgehead atoms. The van der Waals surface area contributed by atoms with Crippen LogP contribution in [0.15, 0.2) is 24.5 Å². The molecule has 0 saturated heterocycles. The molecule has 6 heteroatoms. The summed E-state index contributed by atoms with van der Waals surface area (Å²) in [6.07, 6.45) is 5.06. The molecule has 0 aromatic carbocycles. The fourth-order valence-electron chi connectivity index (χ4n) is 1.79. The number of urea groups is 1. The molecular weight excluding hydrogens is 234 g/mol. The monoisotopic (exact) mass is 249 g/mol. The number of aliphatic carboxylic acids is 1. The Balaban J connectivity index is 1.87. The van der Waals surface area contributed by atoms with Crippen LogP contribution in [0.2, 0.25) is 0 Å². The van der Waals surface area contributed by atoms with Crippen molar-refractivity contribution in [2.75, 3.05) is 5.32 Å². The van der Waals surface area contributed by atoms with Crippen LogP contribution in [0.4, 0.5) is 10.5 Å². The van der Waals surface area contributed by atoms with Gasteiger partial charge in [0, 0.05) is 12.2 Å². The fourth-order valence-corrected chi connectivity index (χ4v) is 1.79. The molecular formula is C12H15N3O3. The zero-order valence-corrected chi connectivity index (χ0v) is 9.80. The molecule has 1 atom stereocenters. The van der Waals surface area contributed by atoms with Crippen LogP contribution in [0.3, 0.4) is 0 Å². The molecule has 1 aromatic rings. The second-order valence-corrected chi connectivity index (χ2v) is 4.38. The molecule has 96 valence electrons. The molecule has 0 aliphatic heterocycles. The van der Waals surface area contributed by atoms with E-state index in [1.807, 2.05) is 0 Å². The predicted octanol–water partition coefficient (Wildman–Crippen LogP) is 1.46. The first-order chi connectivity index (χ1) is 8.65. The van der Waals surface area contributed by atoms with Crippen molar-refractivity contribution in [2.45, 2.75) is 25.3 Å². The number of amides is 2. The first kappa shape index (κ1) is 12.3. The third-order valence-electron chi connectivity index (χ3n) is 2.82. The Morgan fingerprint density at radius 1 is 1.50 bits per heavy atom. The summed E-state index contributed by atoms with van der Waals surface area (Å²) in [4.78, 5) is 26.3. The molecule has 1 saturated carbocycles. The molecule has 2 rings (SSSR count). The molecule has 0 radical (unpaired) electrons. The topological polar surface area (TPSA) is 91.3 Å². The number of nitrogens with zero attached hydrogens (tertiary/aromatic N) is 1. The second kappa shape index (κ2) is 5.48. The predicted molar refractivity (Wildman–Crippen MR) is 65.2 cm³/mol. The Bertz CT molecular complexity index is 431. The summed E-state index contributed by atoms with van der Waals surface area (Å²) in [5, 5.41) is 14.1. The summed E-state index contributed by atoms with van der Waals surface area (Å²) < 4.78 is 0. The molecule has 1 aromatic heterocycles. The van der Waals surface area contributed by atoms with Gasteiger partial charge in [-0.1, -0.05) is 0 Å². The highest BCUT2D eigenvalue weighted by Gasteiger charge is 2.33. The average molecular weight is 249 g/mol. The van der Waals surface area contributed by atoms with E-state index in [4.69, 9.17) is 5.11 Å². The third kappa shape index (κ3) is 3.73. The number of hydrogen-bond donors (Lipinski definition) is 3. The van der Waals surface area contributed by atoms with Crippen LogP contribution in [-0.2, 0) is 4.79 Å². The minimum absolute atomic E-state index is 0.0366. The van der Waals surface area contributed by atoms with Crippen LogP contribution < -0.4 is 10.6 Å². The molecule has 3 N–H and O–H groups in total. The zero-order chi connectivity index (χ0) is 13.0. The van der Waals surface area contributed by atoms with Crippen LogP contribution >= 0.6 is 0 Å². The largest absolute Gasteiger partial charge is 0.481 e. The molecule has 18 heavy (non-hydrogen) atoms. The normalized spacial score (nSPS) is 15.8. The maximum atomic E-state index is 11.7. The van der Waals surface area contributed by atoms with Gasteiger partial charge in [0.1, 0.15) is 0 Å². The van der Waals surface area contributed by atoms with Crippen molar-refractivity contribution in [3.63, 3.8) is 0 Å². The lowest BCUT2D eigenvalue weighted by Gasteiger charge is -2.16. The summed E-state index contributed by atoms with van der Waals surface area (Å²) in [6.45, 7) is 0. The van der Waals surface area contributed by atoms with Gasteiger partial charge in [-0.05, 0) is 30.9 Å². The smallest absolute Gasteiger partial charge is 0.319 e. The van der Waals surface area contributed by atoms with Crippen molar-refractivity contribution >= 4 is 17.7 Å². The number of carboxylic acids is 1. The lowest BCUT2D eigenvalue weighted by Crippen LogP contribution is -2.40. The molecule has 1 aliphatic carbocycles. The van der Waals surface area contributed by atoms with Crippen LogP contribution in [0.25, 0.3) is 0 Å². The zero-order valence-electron chi connectivity index (χ0n) is 9.80. The highest BCUT2D eigenvalue weighted by Crippen LogP contribution is 2.34. The highest BCUT2D eigenvalue weighted by atomic mass is 16.4. The number of hydrogen-bond acceptors (Lipinski definition) is 3. The standard InChI is InChI=1S/C12H15N3O3/c16-11(17)6-10(8-3-4-8)15-12(18)14-9-2-1-5-13-7-9/h1-2,5,7-8,10H,3-4,6H2,(H,16,17)(H2,14,15,18). The van der Waals surface area contributed by atoms with Crippen molar-refractivity contribution in [1.29, 1.82) is 0 Å². The fraction of sp³-hybridized carbons (Fsp3) is 0.417. The van der Waals surface area contributed by atoms with Gasteiger partial charge in [0.2, 0.25) is 0 Å². The van der Waals surface area contributed by atoms with E-state index in [0.717, 1.165) is 12.8 Å². The Labute approximate surface area is 104 Å². The maximum Gasteiger partial charge on any atom is 0.319 e. The van der Waals surface area contributed by atoms with Crippen molar-refractivity contribution in [3.8, 4) is 0 Å². The minimum atomic E-state index is -0.895. The van der Waals surface area contributed by atoms with E-state index in [2.05, 4.69) is 15.6 Å². The minimum Gasteiger partial charge on any atom is -0.481 e. The molecule has 1 heterocycles. The van der Waals surface area contributed by atoms with Crippen molar-refractivity contribution < 1.29 is 14.7 Å². The van der Waals surface area contributed by atoms with Gasteiger partial charge in [-0.3, -0.25) is 9.78 Å². The number of carbonyl (C=O) groups is 2. The van der Waals surface area contributed by atoms with Gasteiger partial charge in [-0.2, -0.15) is 0 Å². The molecule has 6 nitrogen and oxygen atoms in total. The number of anilines is 1. The van der Waals surface area contributed by atoms with E-state index in [0.29, 0.717) is 11.6 Å². The van der Waals surface area contributed by atoms with Crippen LogP contribution in [0.1, 0.15) is 19.3 Å². The van der Waals surface area contributed by atoms with Gasteiger partial charge in [0.25, 0.3) is 0 Å². The molecule has 1 fully saturated rings. The molecule has 0 spiro atoms. The van der Waals surface area contributed by atoms with Crippen LogP contribution in [0, 0.1) is 5.92 Å². The Morgan fingerprint density at radius 2 is 2.28 bits per heavy atom. The van der Waals surface area contributed by atoms with Gasteiger partial charge in [-0.25, -0.2) is 4.79 Å². The van der Waals surface area contributed by atoms with E-state index in [-0.39, 0.29) is 18.5 Å². The summed E-state index contributed by atoms with van der Waals surface area (Å²) in [6, 6.07) is 2.75. The maximum absolute atomic E-state index is 11.7. The summed E-state index contributed by atoms with van der Waals surface area (Å²) in [5.74, 6) is -0.602. The second-order valence-electron chi connectivity index (χ2n) is 4.38. The summed E-state index contributed by atoms with van der Waals surface area (Å²) >= 11 is 0. The van der Waals surface area contributed by atoms with E-state index >= 15 is 0 Å². The number of pyridine rings is 1. The summed E-state index contributed by atoms with van der Waals surface area (Å²) in [5.41, 5.74) is 0.583. The quantitative estimate of drug-likeness (QED) is 0.736. The number of nitrogens with one attached hydrogen (secondary N) is 2. The molecule has 1 unspecified atom stereocenters. The number of rotatable bonds is 5. The van der Waals surface area contributed by atoms with Gasteiger partial charge in [0.15, 0.2) is 0 Å². The number of aromatic nitrogens is 1. The number of carbonyl (C=O) groups excluding carboxylic acids is 1. The number of carboxylic acid groups (broad SMARTS) is 1. The van der Waals surface area contributed by atoms with E-state index in [9.17, 15) is 9.59 Å². The first-order valence-corrected chi connectivity index (χ1v) is 5.84. The van der Waals surface area contributed by atoms with E-state index < -0.39 is 5.97 Å².